The molecule has 42 heavy (non-hydrogen) atoms. The zero-order chi connectivity index (χ0) is 30.3. The van der Waals surface area contributed by atoms with Gasteiger partial charge in [-0.2, -0.15) is 0 Å². The van der Waals surface area contributed by atoms with Gasteiger partial charge in [0.1, 0.15) is 24.1 Å². The number of nitrogens with zero attached hydrogens (tertiary/aromatic N) is 2. The molecule has 0 aliphatic heterocycles. The summed E-state index contributed by atoms with van der Waals surface area (Å²) in [6.07, 6.45) is 3.89. The predicted octanol–water partition coefficient (Wildman–Crippen LogP) is 5.03. The smallest absolute Gasteiger partial charge is 0.264 e. The Morgan fingerprint density at radius 2 is 1.55 bits per heavy atom. The number of methoxy groups -OCH3 is 2. The van der Waals surface area contributed by atoms with Gasteiger partial charge in [0.15, 0.2) is 0 Å². The molecule has 0 spiro atoms. The lowest BCUT2D eigenvalue weighted by Crippen LogP contribution is -2.52. The monoisotopic (exact) mass is 613 g/mol. The van der Waals surface area contributed by atoms with Crippen molar-refractivity contribution in [3.63, 3.8) is 0 Å². The lowest BCUT2D eigenvalue weighted by Gasteiger charge is -2.32. The molecule has 2 amide bonds. The molecule has 3 aromatic carbocycles. The number of carbonyl (C=O) groups excluding carboxylic acids is 2. The van der Waals surface area contributed by atoms with Crippen LogP contribution in [0.5, 0.6) is 11.5 Å². The average Bonchev–Trinajstić information content (AvgIpc) is 3.51. The van der Waals surface area contributed by atoms with E-state index < -0.39 is 28.5 Å². The molecule has 0 heterocycles. The molecule has 1 aliphatic carbocycles. The largest absolute Gasteiger partial charge is 0.497 e. The van der Waals surface area contributed by atoms with Gasteiger partial charge in [0.25, 0.3) is 10.0 Å². The molecule has 0 saturated heterocycles. The highest BCUT2D eigenvalue weighted by molar-refractivity contribution is 7.92. The highest BCUT2D eigenvalue weighted by Gasteiger charge is 2.33. The number of amides is 2. The van der Waals surface area contributed by atoms with Crippen LogP contribution in [0.2, 0.25) is 5.02 Å². The van der Waals surface area contributed by atoms with E-state index in [2.05, 4.69) is 5.32 Å². The van der Waals surface area contributed by atoms with E-state index in [4.69, 9.17) is 21.1 Å². The molecule has 1 atom stereocenters. The molecule has 11 heteroatoms. The van der Waals surface area contributed by atoms with E-state index in [1.54, 1.807) is 44.4 Å². The fourth-order valence-electron chi connectivity index (χ4n) is 4.94. The summed E-state index contributed by atoms with van der Waals surface area (Å²) in [5.41, 5.74) is 0.983. The first-order valence-electron chi connectivity index (χ1n) is 13.8. The van der Waals surface area contributed by atoms with E-state index in [0.717, 1.165) is 35.6 Å². The molecule has 224 valence electrons. The highest BCUT2D eigenvalue weighted by atomic mass is 35.5. The van der Waals surface area contributed by atoms with Gasteiger partial charge in [-0.15, -0.1) is 0 Å². The predicted molar refractivity (Wildman–Crippen MR) is 162 cm³/mol. The fraction of sp³-hybridized carbons (Fsp3) is 0.355. The summed E-state index contributed by atoms with van der Waals surface area (Å²) < 4.78 is 39.3. The van der Waals surface area contributed by atoms with Crippen LogP contribution < -0.4 is 19.1 Å². The Morgan fingerprint density at radius 1 is 0.952 bits per heavy atom. The quantitative estimate of drug-likeness (QED) is 0.307. The van der Waals surface area contributed by atoms with E-state index in [0.29, 0.717) is 16.5 Å². The van der Waals surface area contributed by atoms with Crippen molar-refractivity contribution >= 4 is 39.1 Å². The lowest BCUT2D eigenvalue weighted by atomic mass is 10.1. The van der Waals surface area contributed by atoms with Crippen LogP contribution in [-0.2, 0) is 26.2 Å². The number of anilines is 1. The van der Waals surface area contributed by atoms with Gasteiger partial charge in [-0.25, -0.2) is 8.42 Å². The molecule has 1 N–H and O–H groups in total. The minimum atomic E-state index is -4.22. The maximum atomic E-state index is 14.1. The Balaban J connectivity index is 1.68. The third kappa shape index (κ3) is 7.54. The van der Waals surface area contributed by atoms with E-state index in [1.807, 2.05) is 12.1 Å². The van der Waals surface area contributed by atoms with Gasteiger partial charge in [-0.05, 0) is 79.9 Å². The Kier molecular flexibility index (Phi) is 10.3. The van der Waals surface area contributed by atoms with Crippen molar-refractivity contribution in [2.45, 2.75) is 56.1 Å². The fourth-order valence-corrected chi connectivity index (χ4v) is 6.53. The molecule has 0 unspecified atom stereocenters. The van der Waals surface area contributed by atoms with Gasteiger partial charge in [-0.3, -0.25) is 13.9 Å². The number of carbonyl (C=O) groups is 2. The van der Waals surface area contributed by atoms with E-state index >= 15 is 0 Å². The average molecular weight is 614 g/mol. The molecule has 3 aromatic rings. The Labute approximate surface area is 252 Å². The molecule has 1 fully saturated rings. The zero-order valence-corrected chi connectivity index (χ0v) is 25.5. The first-order valence-corrected chi connectivity index (χ1v) is 15.6. The number of nitrogens with one attached hydrogen (secondary N) is 1. The molecule has 9 nitrogen and oxygen atoms in total. The van der Waals surface area contributed by atoms with Crippen molar-refractivity contribution in [3.05, 3.63) is 83.4 Å². The number of rotatable bonds is 12. The van der Waals surface area contributed by atoms with Gasteiger partial charge in [-0.1, -0.05) is 42.6 Å². The zero-order valence-electron chi connectivity index (χ0n) is 24.0. The Hall–Kier alpha value is -3.76. The second kappa shape index (κ2) is 13.9. The second-order valence-corrected chi connectivity index (χ2v) is 12.5. The van der Waals surface area contributed by atoms with Crippen LogP contribution in [0, 0.1) is 0 Å². The summed E-state index contributed by atoms with van der Waals surface area (Å²) in [5.74, 6) is 0.321. The SMILES string of the molecule is COc1ccc(CN(C(=O)CN(c2cccc(Cl)c2)S(=O)(=O)c2ccc(OC)cc2)[C@H](C)C(=O)NC2CCCC2)cc1. The third-order valence-corrected chi connectivity index (χ3v) is 9.43. The molecular weight excluding hydrogens is 578 g/mol. The number of hydrogen-bond donors (Lipinski definition) is 1. The summed E-state index contributed by atoms with van der Waals surface area (Å²) in [6.45, 7) is 1.20. The molecule has 0 bridgehead atoms. The van der Waals surface area contributed by atoms with Crippen LogP contribution in [0.25, 0.3) is 0 Å². The van der Waals surface area contributed by atoms with Crippen LogP contribution in [-0.4, -0.2) is 58.0 Å². The molecular formula is C31H36ClN3O6S. The second-order valence-electron chi connectivity index (χ2n) is 10.2. The Bertz CT molecular complexity index is 1480. The van der Waals surface area contributed by atoms with Crippen molar-refractivity contribution < 1.29 is 27.5 Å². The van der Waals surface area contributed by atoms with Gasteiger partial charge in [0.2, 0.25) is 11.8 Å². The summed E-state index contributed by atoms with van der Waals surface area (Å²) in [5, 5.41) is 3.38. The standard InChI is InChI=1S/C31H36ClN3O6S/c1-22(31(37)33-25-8-4-5-9-25)34(20-23-11-13-27(40-2)14-12-23)30(36)21-35(26-10-6-7-24(32)19-26)42(38,39)29-17-15-28(41-3)16-18-29/h6-7,10-19,22,25H,4-5,8-9,20-21H2,1-3H3,(H,33,37)/t22-/m1/s1. The molecule has 0 aromatic heterocycles. The van der Waals surface area contributed by atoms with Crippen molar-refractivity contribution in [1.82, 2.24) is 10.2 Å². The minimum absolute atomic E-state index is 0.0233. The van der Waals surface area contributed by atoms with Crippen molar-refractivity contribution in [2.24, 2.45) is 0 Å². The summed E-state index contributed by atoms with van der Waals surface area (Å²) in [6, 6.07) is 18.6. The van der Waals surface area contributed by atoms with Crippen LogP contribution in [0.15, 0.2) is 77.7 Å². The molecule has 1 aliphatic rings. The van der Waals surface area contributed by atoms with Crippen molar-refractivity contribution in [3.8, 4) is 11.5 Å². The maximum absolute atomic E-state index is 14.1. The van der Waals surface area contributed by atoms with Crippen molar-refractivity contribution in [1.29, 1.82) is 0 Å². The van der Waals surface area contributed by atoms with Gasteiger partial charge in [0, 0.05) is 17.6 Å². The van der Waals surface area contributed by atoms with E-state index in [-0.39, 0.29) is 29.1 Å². The summed E-state index contributed by atoms with van der Waals surface area (Å²) >= 11 is 6.23. The first-order chi connectivity index (χ1) is 20.1. The van der Waals surface area contributed by atoms with Crippen LogP contribution in [0.4, 0.5) is 5.69 Å². The normalized spacial score (nSPS) is 14.2. The van der Waals surface area contributed by atoms with Gasteiger partial charge in [0.05, 0.1) is 24.8 Å². The van der Waals surface area contributed by atoms with E-state index in [9.17, 15) is 18.0 Å². The topological polar surface area (TPSA) is 105 Å². The van der Waals surface area contributed by atoms with E-state index in [1.165, 1.54) is 42.3 Å². The number of benzene rings is 3. The van der Waals surface area contributed by atoms with Gasteiger partial charge >= 0.3 is 0 Å². The molecule has 0 radical (unpaired) electrons. The maximum Gasteiger partial charge on any atom is 0.264 e. The number of sulfonamides is 1. The van der Waals surface area contributed by atoms with Crippen LogP contribution >= 0.6 is 11.6 Å². The lowest BCUT2D eigenvalue weighted by molar-refractivity contribution is -0.139. The number of halogens is 1. The van der Waals surface area contributed by atoms with Crippen LogP contribution in [0.3, 0.4) is 0 Å². The first kappa shape index (κ1) is 31.2. The molecule has 1 saturated carbocycles. The number of hydrogen-bond acceptors (Lipinski definition) is 6. The van der Waals surface area contributed by atoms with Crippen molar-refractivity contribution in [2.75, 3.05) is 25.1 Å². The third-order valence-electron chi connectivity index (χ3n) is 7.40. The molecule has 4 rings (SSSR count). The Morgan fingerprint density at radius 3 is 2.12 bits per heavy atom. The highest BCUT2D eigenvalue weighted by Crippen LogP contribution is 2.28. The minimum Gasteiger partial charge on any atom is -0.497 e. The van der Waals surface area contributed by atoms with Crippen LogP contribution in [0.1, 0.15) is 38.2 Å². The summed E-state index contributed by atoms with van der Waals surface area (Å²) in [4.78, 5) is 28.8. The number of ether oxygens (including phenoxy) is 2. The summed E-state index contributed by atoms with van der Waals surface area (Å²) in [7, 11) is -1.16. The van der Waals surface area contributed by atoms with Gasteiger partial charge < -0.3 is 19.7 Å².